The summed E-state index contributed by atoms with van der Waals surface area (Å²) >= 11 is 0. The zero-order chi connectivity index (χ0) is 23.0. The number of ether oxygens (including phenoxy) is 1. The van der Waals surface area contributed by atoms with Crippen LogP contribution in [0.15, 0.2) is 70.7 Å². The van der Waals surface area contributed by atoms with Crippen molar-refractivity contribution in [2.45, 2.75) is 32.4 Å². The number of nitrogens with zero attached hydrogens (tertiary/aromatic N) is 3. The molecule has 0 saturated carbocycles. The summed E-state index contributed by atoms with van der Waals surface area (Å²) in [5.74, 6) is 1.09. The Morgan fingerprint density at radius 2 is 1.72 bits per heavy atom. The van der Waals surface area contributed by atoms with Gasteiger partial charge in [-0.1, -0.05) is 48.5 Å². The molecule has 3 rings (SSSR count). The van der Waals surface area contributed by atoms with E-state index < -0.39 is 5.66 Å². The van der Waals surface area contributed by atoms with E-state index >= 15 is 0 Å². The molecule has 0 spiro atoms. The maximum absolute atomic E-state index is 12.1. The number of carbonyl (C=O) groups is 1. The molecular formula is C24H29N5O3. The van der Waals surface area contributed by atoms with E-state index in [0.29, 0.717) is 18.8 Å². The Balaban J connectivity index is 1.37. The number of ketones is 1. The number of allylic oxidation sites excluding steroid dienone is 1. The molecule has 0 atom stereocenters. The molecule has 0 radical (unpaired) electrons. The highest BCUT2D eigenvalue weighted by Gasteiger charge is 2.32. The number of hydroxylamine groups is 2. The molecule has 0 aliphatic carbocycles. The molecular weight excluding hydrogens is 406 g/mol. The first-order valence-corrected chi connectivity index (χ1v) is 10.5. The lowest BCUT2D eigenvalue weighted by Crippen LogP contribution is -2.53. The van der Waals surface area contributed by atoms with E-state index in [-0.39, 0.29) is 17.7 Å². The van der Waals surface area contributed by atoms with Crippen molar-refractivity contribution in [1.29, 1.82) is 0 Å². The molecule has 4 N–H and O–H groups in total. The molecule has 8 heteroatoms. The number of nitrogens with two attached hydrogens (primary N) is 2. The lowest BCUT2D eigenvalue weighted by atomic mass is 10.1. The van der Waals surface area contributed by atoms with Gasteiger partial charge < -0.3 is 16.2 Å². The quantitative estimate of drug-likeness (QED) is 0.336. The van der Waals surface area contributed by atoms with Gasteiger partial charge in [0, 0.05) is 5.56 Å². The van der Waals surface area contributed by atoms with Crippen molar-refractivity contribution in [3.05, 3.63) is 71.8 Å². The molecule has 0 aromatic heterocycles. The van der Waals surface area contributed by atoms with Crippen LogP contribution in [0.5, 0.6) is 5.75 Å². The highest BCUT2D eigenvalue weighted by molar-refractivity contribution is 6.06. The summed E-state index contributed by atoms with van der Waals surface area (Å²) in [7, 11) is 0. The molecule has 8 nitrogen and oxygen atoms in total. The van der Waals surface area contributed by atoms with Crippen LogP contribution >= 0.6 is 0 Å². The average molecular weight is 436 g/mol. The van der Waals surface area contributed by atoms with Crippen LogP contribution in [0.2, 0.25) is 0 Å². The van der Waals surface area contributed by atoms with Crippen LogP contribution in [0.25, 0.3) is 6.08 Å². The van der Waals surface area contributed by atoms with E-state index in [0.717, 1.165) is 24.2 Å². The lowest BCUT2D eigenvalue weighted by Gasteiger charge is -2.36. The fourth-order valence-electron chi connectivity index (χ4n) is 3.11. The Bertz CT molecular complexity index is 998. The van der Waals surface area contributed by atoms with Crippen molar-refractivity contribution in [2.24, 2.45) is 21.5 Å². The fourth-order valence-corrected chi connectivity index (χ4v) is 3.11. The summed E-state index contributed by atoms with van der Waals surface area (Å²) in [4.78, 5) is 26.0. The minimum Gasteiger partial charge on any atom is -0.494 e. The number of rotatable bonds is 10. The van der Waals surface area contributed by atoms with Gasteiger partial charge in [0.25, 0.3) is 0 Å². The van der Waals surface area contributed by atoms with E-state index in [1.807, 2.05) is 56.3 Å². The Kier molecular flexibility index (Phi) is 7.62. The van der Waals surface area contributed by atoms with Crippen LogP contribution in [0.4, 0.5) is 0 Å². The zero-order valence-electron chi connectivity index (χ0n) is 18.4. The van der Waals surface area contributed by atoms with Crippen molar-refractivity contribution < 1.29 is 14.4 Å². The van der Waals surface area contributed by atoms with Crippen molar-refractivity contribution in [3.8, 4) is 5.75 Å². The van der Waals surface area contributed by atoms with E-state index in [9.17, 15) is 4.79 Å². The molecule has 1 heterocycles. The SMILES string of the molecule is CC1(C)N=C(N)N=C(N)N1OCCCCOc1ccc(C=CC(=O)c2ccccc2)cc1. The average Bonchev–Trinajstić information content (AvgIpc) is 2.76. The Morgan fingerprint density at radius 3 is 2.41 bits per heavy atom. The molecule has 0 unspecified atom stereocenters. The van der Waals surface area contributed by atoms with Crippen LogP contribution in [0.3, 0.4) is 0 Å². The zero-order valence-corrected chi connectivity index (χ0v) is 18.4. The van der Waals surface area contributed by atoms with Crippen LogP contribution in [0.1, 0.15) is 42.6 Å². The standard InChI is InChI=1S/C24H29N5O3/c1-24(2)28-22(25)27-23(26)29(24)32-17-7-6-16-31-20-13-10-18(11-14-20)12-15-21(30)19-8-4-3-5-9-19/h3-5,8-15H,6-7,16-17H2,1-2H3,(H4,25,26,27,28). The Morgan fingerprint density at radius 1 is 1.03 bits per heavy atom. The van der Waals surface area contributed by atoms with Crippen LogP contribution < -0.4 is 16.2 Å². The molecule has 1 aliphatic rings. The van der Waals surface area contributed by atoms with Crippen LogP contribution in [-0.2, 0) is 4.84 Å². The number of unbranched alkanes of at least 4 members (excludes halogenated alkanes) is 1. The van der Waals surface area contributed by atoms with Gasteiger partial charge in [-0.2, -0.15) is 10.1 Å². The predicted octanol–water partition coefficient (Wildman–Crippen LogP) is 3.35. The van der Waals surface area contributed by atoms with Gasteiger partial charge in [-0.15, -0.1) is 0 Å². The third-order valence-corrected chi connectivity index (χ3v) is 4.72. The number of hydrogen-bond acceptors (Lipinski definition) is 8. The molecule has 0 amide bonds. The molecule has 168 valence electrons. The largest absolute Gasteiger partial charge is 0.494 e. The highest BCUT2D eigenvalue weighted by atomic mass is 16.7. The number of hydrogen-bond donors (Lipinski definition) is 2. The predicted molar refractivity (Wildman–Crippen MR) is 126 cm³/mol. The van der Waals surface area contributed by atoms with E-state index in [1.54, 1.807) is 24.3 Å². The Hall–Kier alpha value is -3.65. The molecule has 0 fully saturated rings. The van der Waals surface area contributed by atoms with Gasteiger partial charge in [0.15, 0.2) is 11.4 Å². The van der Waals surface area contributed by atoms with Gasteiger partial charge in [-0.05, 0) is 50.5 Å². The monoisotopic (exact) mass is 435 g/mol. The molecule has 1 aliphatic heterocycles. The van der Waals surface area contributed by atoms with Crippen molar-refractivity contribution in [3.63, 3.8) is 0 Å². The number of guanidine groups is 2. The summed E-state index contributed by atoms with van der Waals surface area (Å²) in [6.45, 7) is 4.71. The third-order valence-electron chi connectivity index (χ3n) is 4.72. The summed E-state index contributed by atoms with van der Waals surface area (Å²) in [5.41, 5.74) is 12.4. The van der Waals surface area contributed by atoms with E-state index in [1.165, 1.54) is 5.06 Å². The van der Waals surface area contributed by atoms with Gasteiger partial charge in [0.2, 0.25) is 11.9 Å². The second-order valence-corrected chi connectivity index (χ2v) is 7.75. The maximum atomic E-state index is 12.1. The fraction of sp³-hybridized carbons (Fsp3) is 0.292. The van der Waals surface area contributed by atoms with Crippen molar-refractivity contribution >= 4 is 23.8 Å². The number of carbonyl (C=O) groups excluding carboxylic acids is 1. The summed E-state index contributed by atoms with van der Waals surface area (Å²) in [6, 6.07) is 16.8. The molecule has 0 bridgehead atoms. The third kappa shape index (κ3) is 6.42. The highest BCUT2D eigenvalue weighted by Crippen LogP contribution is 2.20. The number of benzene rings is 2. The lowest BCUT2D eigenvalue weighted by molar-refractivity contribution is -0.157. The van der Waals surface area contributed by atoms with Gasteiger partial charge in [0.05, 0.1) is 13.2 Å². The summed E-state index contributed by atoms with van der Waals surface area (Å²) < 4.78 is 5.78. The summed E-state index contributed by atoms with van der Waals surface area (Å²) in [5, 5.41) is 1.47. The molecule has 2 aromatic rings. The van der Waals surface area contributed by atoms with Crippen molar-refractivity contribution in [1.82, 2.24) is 5.06 Å². The first kappa shape index (κ1) is 23.0. The minimum atomic E-state index is -0.700. The molecule has 32 heavy (non-hydrogen) atoms. The Labute approximate surface area is 188 Å². The number of aliphatic imine (C=N–C) groups is 2. The second-order valence-electron chi connectivity index (χ2n) is 7.75. The minimum absolute atomic E-state index is 0.0237. The first-order chi connectivity index (χ1) is 15.3. The van der Waals surface area contributed by atoms with Gasteiger partial charge in [0.1, 0.15) is 5.75 Å². The normalized spacial score (nSPS) is 15.4. The van der Waals surface area contributed by atoms with Crippen LogP contribution in [0, 0.1) is 0 Å². The van der Waals surface area contributed by atoms with Gasteiger partial charge in [-0.25, -0.2) is 4.99 Å². The van der Waals surface area contributed by atoms with E-state index in [4.69, 9.17) is 21.0 Å². The maximum Gasteiger partial charge on any atom is 0.226 e. The van der Waals surface area contributed by atoms with Crippen LogP contribution in [-0.4, -0.2) is 41.6 Å². The molecule has 0 saturated heterocycles. The van der Waals surface area contributed by atoms with Crippen molar-refractivity contribution in [2.75, 3.05) is 13.2 Å². The smallest absolute Gasteiger partial charge is 0.226 e. The van der Waals surface area contributed by atoms with Gasteiger partial charge in [-0.3, -0.25) is 9.63 Å². The molecule has 2 aromatic carbocycles. The first-order valence-electron chi connectivity index (χ1n) is 10.5. The summed E-state index contributed by atoms with van der Waals surface area (Å²) in [6.07, 6.45) is 4.96. The second kappa shape index (κ2) is 10.6. The topological polar surface area (TPSA) is 116 Å². The van der Waals surface area contributed by atoms with E-state index in [2.05, 4.69) is 9.98 Å². The van der Waals surface area contributed by atoms with Gasteiger partial charge >= 0.3 is 0 Å².